The molecule has 0 saturated carbocycles. The van der Waals surface area contributed by atoms with Gasteiger partial charge in [0.15, 0.2) is 17.5 Å². The van der Waals surface area contributed by atoms with Gasteiger partial charge in [0.2, 0.25) is 0 Å². The first-order valence-corrected chi connectivity index (χ1v) is 8.90. The summed E-state index contributed by atoms with van der Waals surface area (Å²) in [7, 11) is 6.73. The summed E-state index contributed by atoms with van der Waals surface area (Å²) in [4.78, 5) is 4.27. The van der Waals surface area contributed by atoms with E-state index in [1.807, 2.05) is 25.1 Å². The Balaban J connectivity index is 1.86. The molecule has 0 aliphatic carbocycles. The van der Waals surface area contributed by atoms with Crippen LogP contribution in [0.3, 0.4) is 0 Å². The van der Waals surface area contributed by atoms with E-state index in [-0.39, 0.29) is 0 Å². The molecule has 0 bridgehead atoms. The first-order valence-electron chi connectivity index (χ1n) is 8.90. The molecule has 0 spiro atoms. The van der Waals surface area contributed by atoms with Crippen LogP contribution in [-0.2, 0) is 13.0 Å². The summed E-state index contributed by atoms with van der Waals surface area (Å²) in [6.45, 7) is 3.46. The summed E-state index contributed by atoms with van der Waals surface area (Å²) < 4.78 is 16.0. The minimum Gasteiger partial charge on any atom is -0.496 e. The van der Waals surface area contributed by atoms with Crippen molar-refractivity contribution in [2.75, 3.05) is 34.9 Å². The van der Waals surface area contributed by atoms with Gasteiger partial charge in [0, 0.05) is 20.1 Å². The second-order valence-electron chi connectivity index (χ2n) is 6.10. The molecule has 2 N–H and O–H groups in total. The van der Waals surface area contributed by atoms with Crippen LogP contribution in [0.15, 0.2) is 41.4 Å². The molecule has 6 nitrogen and oxygen atoms in total. The van der Waals surface area contributed by atoms with Gasteiger partial charge in [0.05, 0.1) is 21.3 Å². The average molecular weight is 371 g/mol. The molecule has 0 amide bonds. The highest BCUT2D eigenvalue weighted by Crippen LogP contribution is 2.27. The molecule has 2 aromatic rings. The number of nitrogens with zero attached hydrogens (tertiary/aromatic N) is 1. The average Bonchev–Trinajstić information content (AvgIpc) is 2.71. The van der Waals surface area contributed by atoms with Crippen molar-refractivity contribution < 1.29 is 14.2 Å². The van der Waals surface area contributed by atoms with Crippen LogP contribution in [0.5, 0.6) is 17.2 Å². The van der Waals surface area contributed by atoms with Gasteiger partial charge in [0.1, 0.15) is 5.75 Å². The predicted molar refractivity (Wildman–Crippen MR) is 109 cm³/mol. The van der Waals surface area contributed by atoms with Gasteiger partial charge in [0.25, 0.3) is 0 Å². The van der Waals surface area contributed by atoms with Crippen molar-refractivity contribution >= 4 is 5.96 Å². The van der Waals surface area contributed by atoms with Gasteiger partial charge >= 0.3 is 0 Å². The summed E-state index contributed by atoms with van der Waals surface area (Å²) in [6.07, 6.45) is 0.883. The van der Waals surface area contributed by atoms with E-state index in [2.05, 4.69) is 33.8 Å². The summed E-state index contributed by atoms with van der Waals surface area (Å²) in [5, 5.41) is 6.64. The van der Waals surface area contributed by atoms with Crippen molar-refractivity contribution in [3.63, 3.8) is 0 Å². The Morgan fingerprint density at radius 3 is 2.19 bits per heavy atom. The van der Waals surface area contributed by atoms with E-state index in [1.165, 1.54) is 5.56 Å². The van der Waals surface area contributed by atoms with Gasteiger partial charge in [-0.1, -0.05) is 18.2 Å². The van der Waals surface area contributed by atoms with Gasteiger partial charge < -0.3 is 24.8 Å². The first-order chi connectivity index (χ1) is 13.1. The number of nitrogens with one attached hydrogen (secondary N) is 2. The number of hydrogen-bond donors (Lipinski definition) is 2. The molecule has 146 valence electrons. The Labute approximate surface area is 161 Å². The summed E-state index contributed by atoms with van der Waals surface area (Å²) in [5.41, 5.74) is 3.45. The zero-order valence-corrected chi connectivity index (χ0v) is 16.8. The molecule has 0 heterocycles. The number of guanidine groups is 1. The molecule has 27 heavy (non-hydrogen) atoms. The smallest absolute Gasteiger partial charge is 0.191 e. The lowest BCUT2D eigenvalue weighted by atomic mass is 10.1. The third kappa shape index (κ3) is 5.81. The monoisotopic (exact) mass is 371 g/mol. The van der Waals surface area contributed by atoms with Crippen LogP contribution >= 0.6 is 0 Å². The lowest BCUT2D eigenvalue weighted by Gasteiger charge is -2.14. The summed E-state index contributed by atoms with van der Waals surface area (Å²) in [5.74, 6) is 3.11. The minimum absolute atomic E-state index is 0.637. The fourth-order valence-electron chi connectivity index (χ4n) is 2.74. The van der Waals surface area contributed by atoms with Crippen LogP contribution in [0.25, 0.3) is 0 Å². The molecule has 0 aliphatic rings. The maximum absolute atomic E-state index is 5.38. The first kappa shape index (κ1) is 20.4. The number of rotatable bonds is 8. The zero-order chi connectivity index (χ0) is 19.6. The Hall–Kier alpha value is -2.89. The van der Waals surface area contributed by atoms with Crippen LogP contribution in [0.4, 0.5) is 0 Å². The number of benzene rings is 2. The number of methoxy groups -OCH3 is 3. The van der Waals surface area contributed by atoms with E-state index in [0.717, 1.165) is 41.6 Å². The molecule has 0 radical (unpaired) electrons. The van der Waals surface area contributed by atoms with Gasteiger partial charge in [-0.2, -0.15) is 0 Å². The quantitative estimate of drug-likeness (QED) is 0.552. The lowest BCUT2D eigenvalue weighted by molar-refractivity contribution is 0.354. The molecule has 0 fully saturated rings. The summed E-state index contributed by atoms with van der Waals surface area (Å²) >= 11 is 0. The van der Waals surface area contributed by atoms with Crippen LogP contribution in [0, 0.1) is 6.92 Å². The van der Waals surface area contributed by atoms with Crippen molar-refractivity contribution in [1.82, 2.24) is 10.6 Å². The van der Waals surface area contributed by atoms with E-state index in [1.54, 1.807) is 28.4 Å². The van der Waals surface area contributed by atoms with E-state index in [4.69, 9.17) is 14.2 Å². The molecule has 6 heteroatoms. The van der Waals surface area contributed by atoms with Gasteiger partial charge in [-0.05, 0) is 48.2 Å². The predicted octanol–water partition coefficient (Wildman–Crippen LogP) is 2.93. The van der Waals surface area contributed by atoms with Crippen molar-refractivity contribution in [2.45, 2.75) is 19.9 Å². The Bertz CT molecular complexity index is 775. The standard InChI is InChI=1S/C21H29N3O3/c1-15-6-7-16(12-19(15)26-4)10-11-23-21(22-2)24-14-17-8-9-18(25-3)20(13-17)27-5/h6-9,12-13H,10-11,14H2,1-5H3,(H2,22,23,24). The van der Waals surface area contributed by atoms with Crippen molar-refractivity contribution in [3.8, 4) is 17.2 Å². The molecular weight excluding hydrogens is 342 g/mol. The van der Waals surface area contributed by atoms with Crippen LogP contribution in [0.1, 0.15) is 16.7 Å². The second-order valence-corrected chi connectivity index (χ2v) is 6.10. The number of hydrogen-bond acceptors (Lipinski definition) is 4. The fraction of sp³-hybridized carbons (Fsp3) is 0.381. The highest BCUT2D eigenvalue weighted by molar-refractivity contribution is 5.79. The molecule has 2 rings (SSSR count). The van der Waals surface area contributed by atoms with Gasteiger partial charge in [-0.25, -0.2) is 0 Å². The maximum Gasteiger partial charge on any atom is 0.191 e. The number of aryl methyl sites for hydroxylation is 1. The number of ether oxygens (including phenoxy) is 3. The van der Waals surface area contributed by atoms with Crippen molar-refractivity contribution in [1.29, 1.82) is 0 Å². The molecule has 0 aliphatic heterocycles. The highest BCUT2D eigenvalue weighted by Gasteiger charge is 2.06. The van der Waals surface area contributed by atoms with E-state index in [9.17, 15) is 0 Å². The fourth-order valence-corrected chi connectivity index (χ4v) is 2.74. The normalized spacial score (nSPS) is 11.1. The third-order valence-electron chi connectivity index (χ3n) is 4.31. The Kier molecular flexibility index (Phi) is 7.79. The molecule has 0 atom stereocenters. The zero-order valence-electron chi connectivity index (χ0n) is 16.8. The minimum atomic E-state index is 0.637. The SMILES string of the molecule is CN=C(NCCc1ccc(C)c(OC)c1)NCc1ccc(OC)c(OC)c1. The largest absolute Gasteiger partial charge is 0.496 e. The van der Waals surface area contributed by atoms with Gasteiger partial charge in [-0.3, -0.25) is 4.99 Å². The molecular formula is C21H29N3O3. The van der Waals surface area contributed by atoms with Crippen molar-refractivity contribution in [2.24, 2.45) is 4.99 Å². The van der Waals surface area contributed by atoms with E-state index in [0.29, 0.717) is 12.3 Å². The molecule has 2 aromatic carbocycles. The highest BCUT2D eigenvalue weighted by atomic mass is 16.5. The number of aliphatic imine (C=N–C) groups is 1. The molecule has 0 aromatic heterocycles. The van der Waals surface area contributed by atoms with Crippen molar-refractivity contribution in [3.05, 3.63) is 53.1 Å². The second kappa shape index (κ2) is 10.3. The van der Waals surface area contributed by atoms with E-state index < -0.39 is 0 Å². The van der Waals surface area contributed by atoms with Gasteiger partial charge in [-0.15, -0.1) is 0 Å². The maximum atomic E-state index is 5.38. The van der Waals surface area contributed by atoms with Crippen LogP contribution < -0.4 is 24.8 Å². The van der Waals surface area contributed by atoms with Crippen LogP contribution in [-0.4, -0.2) is 40.9 Å². The van der Waals surface area contributed by atoms with E-state index >= 15 is 0 Å². The molecule has 0 saturated heterocycles. The third-order valence-corrected chi connectivity index (χ3v) is 4.31. The Morgan fingerprint density at radius 2 is 1.52 bits per heavy atom. The van der Waals surface area contributed by atoms with Crippen LogP contribution in [0.2, 0.25) is 0 Å². The lowest BCUT2D eigenvalue weighted by Crippen LogP contribution is -2.37. The summed E-state index contributed by atoms with van der Waals surface area (Å²) in [6, 6.07) is 12.1. The topological polar surface area (TPSA) is 64.1 Å². The molecule has 0 unspecified atom stereocenters. The Morgan fingerprint density at radius 1 is 0.852 bits per heavy atom.